The molecule has 1 aromatic heterocycles. The van der Waals surface area contributed by atoms with Gasteiger partial charge in [0.25, 0.3) is 0 Å². The van der Waals surface area contributed by atoms with Gasteiger partial charge in [-0.05, 0) is 57.5 Å². The van der Waals surface area contributed by atoms with E-state index in [4.69, 9.17) is 13.9 Å². The summed E-state index contributed by atoms with van der Waals surface area (Å²) in [5.74, 6) is 0.252. The molecule has 0 spiro atoms. The third kappa shape index (κ3) is 5.31. The highest BCUT2D eigenvalue weighted by molar-refractivity contribution is 5.96. The summed E-state index contributed by atoms with van der Waals surface area (Å²) in [6.45, 7) is 7.32. The molecule has 2 aromatic carbocycles. The van der Waals surface area contributed by atoms with Gasteiger partial charge in [0.05, 0.1) is 25.5 Å². The Morgan fingerprint density at radius 2 is 1.83 bits per heavy atom. The molecule has 0 atom stereocenters. The zero-order chi connectivity index (χ0) is 21.9. The van der Waals surface area contributed by atoms with Crippen molar-refractivity contribution in [3.63, 3.8) is 0 Å². The van der Waals surface area contributed by atoms with Gasteiger partial charge in [-0.15, -0.1) is 0 Å². The molecule has 0 fully saturated rings. The number of benzene rings is 2. The molecule has 3 aromatic rings. The summed E-state index contributed by atoms with van der Waals surface area (Å²) < 4.78 is 16.1. The lowest BCUT2D eigenvalue weighted by Gasteiger charge is -2.20. The summed E-state index contributed by atoms with van der Waals surface area (Å²) in [5, 5.41) is 6.41. The van der Waals surface area contributed by atoms with E-state index in [1.165, 1.54) is 7.11 Å². The molecule has 0 saturated heterocycles. The second-order valence-electron chi connectivity index (χ2n) is 8.03. The first-order valence-corrected chi connectivity index (χ1v) is 9.59. The molecule has 30 heavy (non-hydrogen) atoms. The van der Waals surface area contributed by atoms with Crippen molar-refractivity contribution in [2.45, 2.75) is 39.7 Å². The number of carbonyl (C=O) groups is 2. The van der Waals surface area contributed by atoms with Crippen LogP contribution in [0.4, 0.5) is 16.2 Å². The molecule has 0 aliphatic heterocycles. The predicted octanol–water partition coefficient (Wildman–Crippen LogP) is 5.28. The van der Waals surface area contributed by atoms with Gasteiger partial charge in [-0.3, -0.25) is 10.1 Å². The molecule has 0 saturated carbocycles. The van der Waals surface area contributed by atoms with E-state index in [9.17, 15) is 9.59 Å². The van der Waals surface area contributed by atoms with Gasteiger partial charge < -0.3 is 19.2 Å². The summed E-state index contributed by atoms with van der Waals surface area (Å²) in [7, 11) is 1.50. The van der Waals surface area contributed by atoms with E-state index in [1.54, 1.807) is 45.2 Å². The number of fused-ring (bicyclic) bond motifs is 1. The molecule has 7 heteroatoms. The van der Waals surface area contributed by atoms with E-state index in [2.05, 4.69) is 10.6 Å². The monoisotopic (exact) mass is 410 g/mol. The first-order valence-electron chi connectivity index (χ1n) is 9.59. The van der Waals surface area contributed by atoms with Crippen molar-refractivity contribution in [1.82, 2.24) is 0 Å². The number of amides is 2. The number of ether oxygens (including phenoxy) is 2. The van der Waals surface area contributed by atoms with E-state index >= 15 is 0 Å². The minimum Gasteiger partial charge on any atom is -0.495 e. The van der Waals surface area contributed by atoms with Crippen LogP contribution in [0, 0.1) is 6.92 Å². The Kier molecular flexibility index (Phi) is 6.01. The molecular weight excluding hydrogens is 384 g/mol. The van der Waals surface area contributed by atoms with E-state index < -0.39 is 11.7 Å². The van der Waals surface area contributed by atoms with Crippen LogP contribution in [0.2, 0.25) is 0 Å². The van der Waals surface area contributed by atoms with Gasteiger partial charge in [-0.25, -0.2) is 4.79 Å². The zero-order valence-corrected chi connectivity index (χ0v) is 17.8. The lowest BCUT2D eigenvalue weighted by atomic mass is 10.1. The largest absolute Gasteiger partial charge is 0.495 e. The van der Waals surface area contributed by atoms with Crippen molar-refractivity contribution in [3.8, 4) is 5.75 Å². The van der Waals surface area contributed by atoms with Gasteiger partial charge in [-0.2, -0.15) is 0 Å². The number of furan rings is 1. The number of nitrogens with one attached hydrogen (secondary N) is 2. The molecule has 7 nitrogen and oxygen atoms in total. The van der Waals surface area contributed by atoms with E-state index in [1.807, 2.05) is 25.1 Å². The molecule has 3 rings (SSSR count). The molecule has 0 aliphatic carbocycles. The lowest BCUT2D eigenvalue weighted by Crippen LogP contribution is -2.27. The maximum atomic E-state index is 12.6. The Balaban J connectivity index is 1.72. The van der Waals surface area contributed by atoms with Gasteiger partial charge in [0.2, 0.25) is 5.91 Å². The number of methoxy groups -OCH3 is 1. The first-order chi connectivity index (χ1) is 14.1. The molecule has 0 bridgehead atoms. The topological polar surface area (TPSA) is 89.8 Å². The molecule has 1 heterocycles. The Bertz CT molecular complexity index is 1080. The SMILES string of the molecule is COc1ccc(NC(=O)Cc2coc3cc(C)ccc23)cc1NC(=O)OC(C)(C)C. The van der Waals surface area contributed by atoms with Crippen LogP contribution >= 0.6 is 0 Å². The zero-order valence-electron chi connectivity index (χ0n) is 17.8. The van der Waals surface area contributed by atoms with Crippen LogP contribution < -0.4 is 15.4 Å². The van der Waals surface area contributed by atoms with Gasteiger partial charge in [0.1, 0.15) is 16.9 Å². The van der Waals surface area contributed by atoms with Crippen molar-refractivity contribution >= 4 is 34.3 Å². The van der Waals surface area contributed by atoms with Crippen molar-refractivity contribution in [2.24, 2.45) is 0 Å². The number of rotatable bonds is 5. The molecule has 0 unspecified atom stereocenters. The minimum atomic E-state index is -0.630. The Morgan fingerprint density at radius 1 is 1.07 bits per heavy atom. The van der Waals surface area contributed by atoms with Gasteiger partial charge in [0.15, 0.2) is 0 Å². The molecule has 2 amide bonds. The quantitative estimate of drug-likeness (QED) is 0.597. The van der Waals surface area contributed by atoms with Crippen LogP contribution in [-0.2, 0) is 16.0 Å². The third-order valence-electron chi connectivity index (χ3n) is 4.28. The van der Waals surface area contributed by atoms with Crippen molar-refractivity contribution < 1.29 is 23.5 Å². The highest BCUT2D eigenvalue weighted by Gasteiger charge is 2.18. The van der Waals surface area contributed by atoms with Crippen LogP contribution in [0.25, 0.3) is 11.0 Å². The third-order valence-corrected chi connectivity index (χ3v) is 4.28. The summed E-state index contributed by atoms with van der Waals surface area (Å²) in [6.07, 6.45) is 1.16. The van der Waals surface area contributed by atoms with Gasteiger partial charge in [0, 0.05) is 16.6 Å². The summed E-state index contributed by atoms with van der Waals surface area (Å²) >= 11 is 0. The Hall–Kier alpha value is -3.48. The van der Waals surface area contributed by atoms with E-state index in [0.29, 0.717) is 17.1 Å². The predicted molar refractivity (Wildman–Crippen MR) is 116 cm³/mol. The number of aryl methyl sites for hydroxylation is 1. The van der Waals surface area contributed by atoms with Crippen LogP contribution in [0.1, 0.15) is 31.9 Å². The number of hydrogen-bond acceptors (Lipinski definition) is 5. The highest BCUT2D eigenvalue weighted by atomic mass is 16.6. The smallest absolute Gasteiger partial charge is 0.412 e. The molecular formula is C23H26N2O5. The normalized spacial score (nSPS) is 11.2. The fourth-order valence-electron chi connectivity index (χ4n) is 3.00. The summed E-state index contributed by atoms with van der Waals surface area (Å²) in [6, 6.07) is 10.9. The molecule has 158 valence electrons. The Labute approximate surface area is 175 Å². The standard InChI is InChI=1S/C23H26N2O5/c1-14-6-8-17-15(13-29-20(17)10-14)11-21(26)24-16-7-9-19(28-5)18(12-16)25-22(27)30-23(2,3)4/h6-10,12-13H,11H2,1-5H3,(H,24,26)(H,25,27). The first kappa shape index (κ1) is 21.2. The van der Waals surface area contributed by atoms with Crippen LogP contribution in [0.5, 0.6) is 5.75 Å². The molecule has 0 radical (unpaired) electrons. The summed E-state index contributed by atoms with van der Waals surface area (Å²) in [4.78, 5) is 24.7. The average Bonchev–Trinajstić information content (AvgIpc) is 3.02. The molecule has 2 N–H and O–H groups in total. The van der Waals surface area contributed by atoms with E-state index in [-0.39, 0.29) is 12.3 Å². The Morgan fingerprint density at radius 3 is 2.53 bits per heavy atom. The maximum Gasteiger partial charge on any atom is 0.412 e. The number of hydrogen-bond donors (Lipinski definition) is 2. The van der Waals surface area contributed by atoms with E-state index in [0.717, 1.165) is 22.1 Å². The van der Waals surface area contributed by atoms with Crippen molar-refractivity contribution in [2.75, 3.05) is 17.7 Å². The second-order valence-corrected chi connectivity index (χ2v) is 8.03. The summed E-state index contributed by atoms with van der Waals surface area (Å²) in [5.41, 5.74) is 2.95. The van der Waals surface area contributed by atoms with Crippen molar-refractivity contribution in [3.05, 3.63) is 53.8 Å². The maximum absolute atomic E-state index is 12.6. The van der Waals surface area contributed by atoms with Crippen LogP contribution in [0.15, 0.2) is 47.1 Å². The fraction of sp³-hybridized carbons (Fsp3) is 0.304. The number of anilines is 2. The minimum absolute atomic E-state index is 0.164. The average molecular weight is 410 g/mol. The number of carbonyl (C=O) groups excluding carboxylic acids is 2. The highest BCUT2D eigenvalue weighted by Crippen LogP contribution is 2.29. The molecule has 0 aliphatic rings. The van der Waals surface area contributed by atoms with Crippen molar-refractivity contribution in [1.29, 1.82) is 0 Å². The van der Waals surface area contributed by atoms with Crippen LogP contribution in [0.3, 0.4) is 0 Å². The van der Waals surface area contributed by atoms with Crippen LogP contribution in [-0.4, -0.2) is 24.7 Å². The lowest BCUT2D eigenvalue weighted by molar-refractivity contribution is -0.115. The fourth-order valence-corrected chi connectivity index (χ4v) is 3.00. The second kappa shape index (κ2) is 8.49. The van der Waals surface area contributed by atoms with Gasteiger partial charge >= 0.3 is 6.09 Å². The van der Waals surface area contributed by atoms with Gasteiger partial charge in [-0.1, -0.05) is 12.1 Å².